The van der Waals surface area contributed by atoms with E-state index < -0.39 is 6.04 Å². The number of allylic oxidation sites excluding steroid dienone is 2. The first kappa shape index (κ1) is 18.7. The van der Waals surface area contributed by atoms with Gasteiger partial charge in [0, 0.05) is 6.92 Å². The van der Waals surface area contributed by atoms with Crippen molar-refractivity contribution in [3.8, 4) is 0 Å². The SMILES string of the molecule is CCOC(=O)[C@H](CC[C@H](C)CCC=C(C)C)NC(C)=O. The molecule has 0 aliphatic rings. The Morgan fingerprint density at radius 2 is 1.80 bits per heavy atom. The van der Waals surface area contributed by atoms with Crippen LogP contribution in [0.1, 0.15) is 60.3 Å². The zero-order valence-electron chi connectivity index (χ0n) is 13.5. The Hall–Kier alpha value is -1.32. The molecule has 0 rings (SSSR count). The summed E-state index contributed by atoms with van der Waals surface area (Å²) in [7, 11) is 0. The second-order valence-electron chi connectivity index (χ2n) is 5.55. The van der Waals surface area contributed by atoms with Gasteiger partial charge in [0.1, 0.15) is 6.04 Å². The van der Waals surface area contributed by atoms with Crippen molar-refractivity contribution >= 4 is 11.9 Å². The third-order valence-electron chi connectivity index (χ3n) is 3.11. The van der Waals surface area contributed by atoms with Crippen LogP contribution in [0.15, 0.2) is 11.6 Å². The first-order valence-electron chi connectivity index (χ1n) is 7.43. The molecule has 0 aromatic rings. The Morgan fingerprint density at radius 3 is 2.30 bits per heavy atom. The van der Waals surface area contributed by atoms with Gasteiger partial charge in [0.25, 0.3) is 0 Å². The van der Waals surface area contributed by atoms with Crippen molar-refractivity contribution in [1.82, 2.24) is 5.32 Å². The third kappa shape index (κ3) is 9.59. The van der Waals surface area contributed by atoms with Crippen molar-refractivity contribution in [2.24, 2.45) is 5.92 Å². The summed E-state index contributed by atoms with van der Waals surface area (Å²) in [4.78, 5) is 22.9. The molecule has 0 bridgehead atoms. The quantitative estimate of drug-likeness (QED) is 0.522. The number of hydrogen-bond acceptors (Lipinski definition) is 3. The summed E-state index contributed by atoms with van der Waals surface area (Å²) in [6.07, 6.45) is 5.93. The first-order valence-corrected chi connectivity index (χ1v) is 7.43. The van der Waals surface area contributed by atoms with Gasteiger partial charge in [-0.2, -0.15) is 0 Å². The topological polar surface area (TPSA) is 55.4 Å². The molecule has 0 heterocycles. The molecule has 20 heavy (non-hydrogen) atoms. The normalized spacial score (nSPS) is 13.2. The maximum absolute atomic E-state index is 11.7. The van der Waals surface area contributed by atoms with Gasteiger partial charge in [-0.1, -0.05) is 18.6 Å². The highest BCUT2D eigenvalue weighted by Gasteiger charge is 2.21. The van der Waals surface area contributed by atoms with Crippen LogP contribution in [0.4, 0.5) is 0 Å². The third-order valence-corrected chi connectivity index (χ3v) is 3.11. The Balaban J connectivity index is 4.20. The lowest BCUT2D eigenvalue weighted by atomic mass is 9.96. The van der Waals surface area contributed by atoms with Gasteiger partial charge in [0.05, 0.1) is 6.61 Å². The number of amides is 1. The maximum Gasteiger partial charge on any atom is 0.328 e. The molecule has 0 spiro atoms. The molecule has 116 valence electrons. The summed E-state index contributed by atoms with van der Waals surface area (Å²) in [6, 6.07) is -0.515. The Morgan fingerprint density at radius 1 is 1.15 bits per heavy atom. The molecule has 0 aliphatic heterocycles. The van der Waals surface area contributed by atoms with E-state index in [2.05, 4.69) is 32.2 Å². The summed E-state index contributed by atoms with van der Waals surface area (Å²) >= 11 is 0. The minimum atomic E-state index is -0.515. The van der Waals surface area contributed by atoms with E-state index in [9.17, 15) is 9.59 Å². The van der Waals surface area contributed by atoms with Gasteiger partial charge in [0.2, 0.25) is 5.91 Å². The summed E-state index contributed by atoms with van der Waals surface area (Å²) in [5.41, 5.74) is 1.33. The monoisotopic (exact) mass is 283 g/mol. The van der Waals surface area contributed by atoms with Gasteiger partial charge in [0.15, 0.2) is 0 Å². The van der Waals surface area contributed by atoms with E-state index in [1.807, 2.05) is 0 Å². The summed E-state index contributed by atoms with van der Waals surface area (Å²) < 4.78 is 4.99. The lowest BCUT2D eigenvalue weighted by Crippen LogP contribution is -2.41. The molecule has 0 unspecified atom stereocenters. The van der Waals surface area contributed by atoms with E-state index >= 15 is 0 Å². The van der Waals surface area contributed by atoms with E-state index in [1.54, 1.807) is 6.92 Å². The zero-order chi connectivity index (χ0) is 15.5. The largest absolute Gasteiger partial charge is 0.464 e. The summed E-state index contributed by atoms with van der Waals surface area (Å²) in [5.74, 6) is -0.00395. The van der Waals surface area contributed by atoms with E-state index in [-0.39, 0.29) is 11.9 Å². The lowest BCUT2D eigenvalue weighted by Gasteiger charge is -2.18. The van der Waals surface area contributed by atoms with E-state index in [0.717, 1.165) is 19.3 Å². The Bertz CT molecular complexity index is 333. The average Bonchev–Trinajstić information content (AvgIpc) is 2.33. The molecule has 0 saturated carbocycles. The van der Waals surface area contributed by atoms with Crippen LogP contribution in [0.5, 0.6) is 0 Å². The molecule has 2 atom stereocenters. The van der Waals surface area contributed by atoms with Gasteiger partial charge in [-0.25, -0.2) is 4.79 Å². The van der Waals surface area contributed by atoms with Crippen molar-refractivity contribution in [2.45, 2.75) is 66.3 Å². The number of esters is 1. The number of ether oxygens (including phenoxy) is 1. The molecule has 1 N–H and O–H groups in total. The number of carbonyl (C=O) groups is 2. The minimum Gasteiger partial charge on any atom is -0.464 e. The van der Waals surface area contributed by atoms with Crippen molar-refractivity contribution in [2.75, 3.05) is 6.61 Å². The van der Waals surface area contributed by atoms with Crippen LogP contribution in [0.3, 0.4) is 0 Å². The van der Waals surface area contributed by atoms with Crippen molar-refractivity contribution in [1.29, 1.82) is 0 Å². The Labute approximate surface area is 123 Å². The van der Waals surface area contributed by atoms with Crippen LogP contribution < -0.4 is 5.32 Å². The number of hydrogen-bond donors (Lipinski definition) is 1. The first-order chi connectivity index (χ1) is 9.36. The Kier molecular flexibility index (Phi) is 9.77. The maximum atomic E-state index is 11.7. The lowest BCUT2D eigenvalue weighted by molar-refractivity contribution is -0.147. The second kappa shape index (κ2) is 10.5. The van der Waals surface area contributed by atoms with Gasteiger partial charge >= 0.3 is 5.97 Å². The fraction of sp³-hybridized carbons (Fsp3) is 0.750. The summed E-state index contributed by atoms with van der Waals surface area (Å²) in [6.45, 7) is 9.89. The number of rotatable bonds is 9. The molecule has 0 fully saturated rings. The number of carbonyl (C=O) groups excluding carboxylic acids is 2. The zero-order valence-corrected chi connectivity index (χ0v) is 13.5. The fourth-order valence-corrected chi connectivity index (χ4v) is 1.99. The van der Waals surface area contributed by atoms with Crippen molar-refractivity contribution in [3.05, 3.63) is 11.6 Å². The van der Waals surface area contributed by atoms with Crippen LogP contribution in [-0.4, -0.2) is 24.5 Å². The fourth-order valence-electron chi connectivity index (χ4n) is 1.99. The van der Waals surface area contributed by atoms with Crippen LogP contribution in [-0.2, 0) is 14.3 Å². The van der Waals surface area contributed by atoms with Gasteiger partial charge in [-0.3, -0.25) is 4.79 Å². The molecule has 1 amide bonds. The summed E-state index contributed by atoms with van der Waals surface area (Å²) in [5, 5.41) is 2.67. The average molecular weight is 283 g/mol. The van der Waals surface area contributed by atoms with E-state index in [1.165, 1.54) is 12.5 Å². The second-order valence-corrected chi connectivity index (χ2v) is 5.55. The molecular weight excluding hydrogens is 254 g/mol. The van der Waals surface area contributed by atoms with Crippen LogP contribution in [0.25, 0.3) is 0 Å². The highest BCUT2D eigenvalue weighted by Crippen LogP contribution is 2.15. The molecular formula is C16H29NO3. The molecule has 4 heteroatoms. The van der Waals surface area contributed by atoms with Gasteiger partial charge in [-0.15, -0.1) is 0 Å². The minimum absolute atomic E-state index is 0.194. The molecule has 4 nitrogen and oxygen atoms in total. The van der Waals surface area contributed by atoms with Crippen LogP contribution >= 0.6 is 0 Å². The molecule has 0 aromatic carbocycles. The highest BCUT2D eigenvalue weighted by atomic mass is 16.5. The van der Waals surface area contributed by atoms with Gasteiger partial charge in [-0.05, 0) is 52.4 Å². The van der Waals surface area contributed by atoms with Crippen molar-refractivity contribution < 1.29 is 14.3 Å². The molecule has 0 saturated heterocycles. The highest BCUT2D eigenvalue weighted by molar-refractivity contribution is 5.83. The van der Waals surface area contributed by atoms with Gasteiger partial charge < -0.3 is 10.1 Å². The van der Waals surface area contributed by atoms with E-state index in [4.69, 9.17) is 4.74 Å². The van der Waals surface area contributed by atoms with Crippen molar-refractivity contribution in [3.63, 3.8) is 0 Å². The molecule has 0 aliphatic carbocycles. The number of nitrogens with one attached hydrogen (secondary N) is 1. The predicted octanol–water partition coefficient (Wildman–Crippen LogP) is 3.22. The van der Waals surface area contributed by atoms with Crippen LogP contribution in [0.2, 0.25) is 0 Å². The molecule has 0 aromatic heterocycles. The molecule has 0 radical (unpaired) electrons. The smallest absolute Gasteiger partial charge is 0.328 e. The predicted molar refractivity (Wildman–Crippen MR) is 81.3 cm³/mol. The van der Waals surface area contributed by atoms with E-state index in [0.29, 0.717) is 18.9 Å². The standard InChI is InChI=1S/C16H29NO3/c1-6-20-16(19)15(17-14(5)18)11-10-13(4)9-7-8-12(2)3/h8,13,15H,6-7,9-11H2,1-5H3,(H,17,18)/t13-,15+/m1/s1. The van der Waals surface area contributed by atoms with Crippen LogP contribution in [0, 0.1) is 5.92 Å².